The van der Waals surface area contributed by atoms with Crippen molar-refractivity contribution in [3.8, 4) is 5.75 Å². The van der Waals surface area contributed by atoms with Gasteiger partial charge in [-0.05, 0) is 49.7 Å². The summed E-state index contributed by atoms with van der Waals surface area (Å²) in [6.45, 7) is 7.46. The first kappa shape index (κ1) is 21.1. The van der Waals surface area contributed by atoms with E-state index in [2.05, 4.69) is 15.7 Å². The number of hydrogen-bond donors (Lipinski definition) is 0. The molecule has 2 heterocycles. The maximum absolute atomic E-state index is 12.0. The van der Waals surface area contributed by atoms with Gasteiger partial charge in [0.15, 0.2) is 5.78 Å². The minimum atomic E-state index is -0.547. The Bertz CT molecular complexity index is 822. The number of aryl methyl sites for hydroxylation is 2. The summed E-state index contributed by atoms with van der Waals surface area (Å²) in [5.74, 6) is 1.75. The molecule has 0 aliphatic carbocycles. The summed E-state index contributed by atoms with van der Waals surface area (Å²) < 4.78 is 21.9. The zero-order chi connectivity index (χ0) is 20.8. The van der Waals surface area contributed by atoms with Crippen molar-refractivity contribution in [1.82, 2.24) is 4.90 Å². The Morgan fingerprint density at radius 1 is 1.21 bits per heavy atom. The number of ketones is 1. The average molecular weight is 401 g/mol. The quantitative estimate of drug-likeness (QED) is 0.382. The van der Waals surface area contributed by atoms with E-state index in [1.54, 1.807) is 24.3 Å². The van der Waals surface area contributed by atoms with Gasteiger partial charge < -0.3 is 18.6 Å². The average Bonchev–Trinajstić information content (AvgIpc) is 3.03. The molecule has 1 unspecified atom stereocenters. The zero-order valence-corrected chi connectivity index (χ0v) is 17.1. The van der Waals surface area contributed by atoms with Gasteiger partial charge in [0.05, 0.1) is 20.3 Å². The Morgan fingerprint density at radius 3 is 2.62 bits per heavy atom. The van der Waals surface area contributed by atoms with Crippen LogP contribution in [0.3, 0.4) is 0 Å². The Morgan fingerprint density at radius 2 is 1.97 bits per heavy atom. The monoisotopic (exact) mass is 401 g/mol. The molecule has 0 saturated carbocycles. The molecule has 29 heavy (non-hydrogen) atoms. The molecule has 1 fully saturated rings. The first-order valence-electron chi connectivity index (χ1n) is 9.67. The van der Waals surface area contributed by atoms with Crippen molar-refractivity contribution in [1.29, 1.82) is 0 Å². The second kappa shape index (κ2) is 9.71. The first-order chi connectivity index (χ1) is 13.9. The molecule has 1 atom stereocenters. The van der Waals surface area contributed by atoms with Gasteiger partial charge in [0, 0.05) is 18.7 Å². The van der Waals surface area contributed by atoms with E-state index < -0.39 is 5.97 Å². The molecule has 2 aromatic rings. The van der Waals surface area contributed by atoms with Crippen LogP contribution in [0.1, 0.15) is 33.9 Å². The number of Topliss-reactive ketones (excluding diaryl/α,β-unsaturated/α-hetero) is 1. The van der Waals surface area contributed by atoms with E-state index in [-0.39, 0.29) is 18.3 Å². The van der Waals surface area contributed by atoms with Gasteiger partial charge in [0.25, 0.3) is 0 Å². The van der Waals surface area contributed by atoms with E-state index in [1.165, 1.54) is 12.7 Å². The van der Waals surface area contributed by atoms with Crippen LogP contribution in [0.15, 0.2) is 34.7 Å². The van der Waals surface area contributed by atoms with Crippen LogP contribution in [0.2, 0.25) is 0 Å². The SMILES string of the molecule is COC(=O)CC(=O)c1ccc(OCC2CN(Cc3cc(C)c(C)o3)CCO2)cc1. The number of furan rings is 1. The molecule has 1 aliphatic heterocycles. The van der Waals surface area contributed by atoms with Crippen molar-refractivity contribution in [2.45, 2.75) is 32.9 Å². The standard InChI is InChI=1S/C22H27NO6/c1-15-10-19(29-16(15)2)12-23-8-9-27-20(13-23)14-28-18-6-4-17(5-7-18)21(24)11-22(25)26-3/h4-7,10,20H,8-9,11-14H2,1-3H3. The highest BCUT2D eigenvalue weighted by Crippen LogP contribution is 2.18. The fourth-order valence-corrected chi connectivity index (χ4v) is 3.20. The fourth-order valence-electron chi connectivity index (χ4n) is 3.20. The number of carbonyl (C=O) groups is 2. The summed E-state index contributed by atoms with van der Waals surface area (Å²) in [5, 5.41) is 0. The third-order valence-corrected chi connectivity index (χ3v) is 4.96. The molecule has 0 amide bonds. The molecule has 1 saturated heterocycles. The van der Waals surface area contributed by atoms with E-state index in [4.69, 9.17) is 13.9 Å². The largest absolute Gasteiger partial charge is 0.491 e. The predicted octanol–water partition coefficient (Wildman–Crippen LogP) is 2.92. The molecule has 7 nitrogen and oxygen atoms in total. The van der Waals surface area contributed by atoms with Crippen molar-refractivity contribution >= 4 is 11.8 Å². The Labute approximate surface area is 170 Å². The van der Waals surface area contributed by atoms with Gasteiger partial charge in [-0.3, -0.25) is 14.5 Å². The van der Waals surface area contributed by atoms with Crippen LogP contribution in [0.4, 0.5) is 0 Å². The van der Waals surface area contributed by atoms with Crippen LogP contribution >= 0.6 is 0 Å². The molecule has 0 N–H and O–H groups in total. The van der Waals surface area contributed by atoms with Crippen molar-refractivity contribution < 1.29 is 28.2 Å². The summed E-state index contributed by atoms with van der Waals surface area (Å²) >= 11 is 0. The van der Waals surface area contributed by atoms with Gasteiger partial charge >= 0.3 is 5.97 Å². The summed E-state index contributed by atoms with van der Waals surface area (Å²) in [6.07, 6.45) is -0.307. The van der Waals surface area contributed by atoms with Gasteiger partial charge in [-0.1, -0.05) is 0 Å². The molecular formula is C22H27NO6. The van der Waals surface area contributed by atoms with Crippen molar-refractivity contribution in [2.24, 2.45) is 0 Å². The molecule has 1 aromatic carbocycles. The third kappa shape index (κ3) is 5.92. The van der Waals surface area contributed by atoms with E-state index in [0.29, 0.717) is 24.5 Å². The van der Waals surface area contributed by atoms with Crippen LogP contribution in [0.25, 0.3) is 0 Å². The van der Waals surface area contributed by atoms with Crippen molar-refractivity contribution in [3.05, 3.63) is 53.0 Å². The lowest BCUT2D eigenvalue weighted by Crippen LogP contribution is -2.44. The number of esters is 1. The number of nitrogens with zero attached hydrogens (tertiary/aromatic N) is 1. The van der Waals surface area contributed by atoms with Crippen LogP contribution < -0.4 is 4.74 Å². The van der Waals surface area contributed by atoms with E-state index in [9.17, 15) is 9.59 Å². The van der Waals surface area contributed by atoms with Gasteiger partial charge in [-0.25, -0.2) is 0 Å². The Kier molecular flexibility index (Phi) is 7.06. The summed E-state index contributed by atoms with van der Waals surface area (Å²) in [5.41, 5.74) is 1.62. The Hall–Kier alpha value is -2.64. The smallest absolute Gasteiger partial charge is 0.313 e. The van der Waals surface area contributed by atoms with Gasteiger partial charge in [0.1, 0.15) is 36.4 Å². The highest BCUT2D eigenvalue weighted by molar-refractivity contribution is 6.05. The number of methoxy groups -OCH3 is 1. The molecule has 3 rings (SSSR count). The topological polar surface area (TPSA) is 78.2 Å². The number of morpholine rings is 1. The molecule has 156 valence electrons. The number of carbonyl (C=O) groups excluding carboxylic acids is 2. The molecule has 1 aliphatic rings. The van der Waals surface area contributed by atoms with Crippen LogP contribution in [-0.2, 0) is 20.8 Å². The molecule has 1 aromatic heterocycles. The second-order valence-corrected chi connectivity index (χ2v) is 7.19. The van der Waals surface area contributed by atoms with Gasteiger partial charge in [-0.2, -0.15) is 0 Å². The highest BCUT2D eigenvalue weighted by atomic mass is 16.5. The van der Waals surface area contributed by atoms with E-state index in [0.717, 1.165) is 31.2 Å². The lowest BCUT2D eigenvalue weighted by molar-refractivity contribution is -0.139. The second-order valence-electron chi connectivity index (χ2n) is 7.19. The number of hydrogen-bond acceptors (Lipinski definition) is 7. The van der Waals surface area contributed by atoms with Crippen molar-refractivity contribution in [3.63, 3.8) is 0 Å². The Balaban J connectivity index is 1.47. The van der Waals surface area contributed by atoms with Crippen molar-refractivity contribution in [2.75, 3.05) is 33.4 Å². The zero-order valence-electron chi connectivity index (χ0n) is 17.1. The molecular weight excluding hydrogens is 374 g/mol. The van der Waals surface area contributed by atoms with Crippen LogP contribution in [0.5, 0.6) is 5.75 Å². The minimum absolute atomic E-state index is 0.0402. The van der Waals surface area contributed by atoms with Crippen LogP contribution in [-0.4, -0.2) is 56.2 Å². The molecule has 0 radical (unpaired) electrons. The summed E-state index contributed by atoms with van der Waals surface area (Å²) in [7, 11) is 1.26. The maximum atomic E-state index is 12.0. The molecule has 0 spiro atoms. The molecule has 0 bridgehead atoms. The number of rotatable bonds is 8. The predicted molar refractivity (Wildman–Crippen MR) is 106 cm³/mol. The summed E-state index contributed by atoms with van der Waals surface area (Å²) in [4.78, 5) is 25.5. The highest BCUT2D eigenvalue weighted by Gasteiger charge is 2.22. The van der Waals surface area contributed by atoms with E-state index in [1.807, 2.05) is 13.8 Å². The normalized spacial score (nSPS) is 17.1. The first-order valence-corrected chi connectivity index (χ1v) is 9.67. The van der Waals surface area contributed by atoms with E-state index >= 15 is 0 Å². The van der Waals surface area contributed by atoms with Crippen LogP contribution in [0, 0.1) is 13.8 Å². The lowest BCUT2D eigenvalue weighted by atomic mass is 10.1. The minimum Gasteiger partial charge on any atom is -0.491 e. The number of ether oxygens (including phenoxy) is 3. The number of benzene rings is 1. The molecule has 7 heteroatoms. The van der Waals surface area contributed by atoms with Gasteiger partial charge in [0.2, 0.25) is 0 Å². The summed E-state index contributed by atoms with van der Waals surface area (Å²) in [6, 6.07) is 8.82. The van der Waals surface area contributed by atoms with Gasteiger partial charge in [-0.15, -0.1) is 0 Å². The maximum Gasteiger partial charge on any atom is 0.313 e. The third-order valence-electron chi connectivity index (χ3n) is 4.96. The fraction of sp³-hybridized carbons (Fsp3) is 0.455. The lowest BCUT2D eigenvalue weighted by Gasteiger charge is -2.32.